The van der Waals surface area contributed by atoms with Crippen molar-refractivity contribution in [1.29, 1.82) is 5.26 Å². The van der Waals surface area contributed by atoms with Crippen molar-refractivity contribution >= 4 is 12.0 Å². The van der Waals surface area contributed by atoms with Crippen LogP contribution in [0.15, 0.2) is 0 Å². The summed E-state index contributed by atoms with van der Waals surface area (Å²) >= 11 is 0. The molecule has 2 amide bonds. The average Bonchev–Trinajstić information content (AvgIpc) is 3.16. The number of hydrogen-bond acceptors (Lipinski definition) is 3. The lowest BCUT2D eigenvalue weighted by molar-refractivity contribution is -0.148. The van der Waals surface area contributed by atoms with Gasteiger partial charge in [0.2, 0.25) is 0 Å². The predicted molar refractivity (Wildman–Crippen MR) is 72.0 cm³/mol. The van der Waals surface area contributed by atoms with Crippen LogP contribution in [0.4, 0.5) is 4.79 Å². The topological polar surface area (TPSA) is 84.6 Å². The highest BCUT2D eigenvalue weighted by atomic mass is 16.4. The van der Waals surface area contributed by atoms with E-state index in [1.165, 1.54) is 4.90 Å². The fourth-order valence-electron chi connectivity index (χ4n) is 3.04. The van der Waals surface area contributed by atoms with Gasteiger partial charge in [-0.05, 0) is 32.1 Å². The number of likely N-dealkylation sites (tertiary alicyclic amines) is 1. The summed E-state index contributed by atoms with van der Waals surface area (Å²) < 4.78 is 0. The Morgan fingerprint density at radius 3 is 2.70 bits per heavy atom. The maximum Gasteiger partial charge on any atom is 0.329 e. The molecule has 0 radical (unpaired) electrons. The van der Waals surface area contributed by atoms with Crippen molar-refractivity contribution in [2.75, 3.05) is 13.1 Å². The van der Waals surface area contributed by atoms with Gasteiger partial charge in [0, 0.05) is 19.1 Å². The van der Waals surface area contributed by atoms with E-state index in [4.69, 9.17) is 5.26 Å². The second-order valence-corrected chi connectivity index (χ2v) is 5.56. The number of aliphatic carboxylic acids is 1. The summed E-state index contributed by atoms with van der Waals surface area (Å²) in [5.74, 6) is -0.915. The molecular weight excluding hydrogens is 258 g/mol. The van der Waals surface area contributed by atoms with Gasteiger partial charge in [0.05, 0.1) is 12.5 Å². The molecular formula is C14H21N3O3. The number of nitriles is 1. The molecule has 2 fully saturated rings. The van der Waals surface area contributed by atoms with Crippen LogP contribution in [0.2, 0.25) is 0 Å². The molecule has 6 heteroatoms. The molecule has 6 nitrogen and oxygen atoms in total. The van der Waals surface area contributed by atoms with Gasteiger partial charge in [-0.25, -0.2) is 9.59 Å². The minimum atomic E-state index is -1.06. The number of carboxylic acid groups (broad SMARTS) is 1. The molecule has 1 saturated heterocycles. The van der Waals surface area contributed by atoms with Gasteiger partial charge >= 0.3 is 12.0 Å². The first kappa shape index (κ1) is 14.6. The first-order valence-corrected chi connectivity index (χ1v) is 7.25. The molecule has 1 saturated carbocycles. The zero-order valence-corrected chi connectivity index (χ0v) is 11.8. The molecule has 0 bridgehead atoms. The van der Waals surface area contributed by atoms with Crippen molar-refractivity contribution in [1.82, 2.24) is 9.80 Å². The van der Waals surface area contributed by atoms with Gasteiger partial charge < -0.3 is 14.9 Å². The fraction of sp³-hybridized carbons (Fsp3) is 0.786. The van der Waals surface area contributed by atoms with Crippen LogP contribution in [0.5, 0.6) is 0 Å². The second-order valence-electron chi connectivity index (χ2n) is 5.56. The van der Waals surface area contributed by atoms with E-state index in [2.05, 4.69) is 6.07 Å². The van der Waals surface area contributed by atoms with Gasteiger partial charge in [0.25, 0.3) is 0 Å². The van der Waals surface area contributed by atoms with Gasteiger partial charge in [-0.3, -0.25) is 0 Å². The van der Waals surface area contributed by atoms with E-state index in [1.54, 1.807) is 4.90 Å². The van der Waals surface area contributed by atoms with E-state index in [9.17, 15) is 14.7 Å². The van der Waals surface area contributed by atoms with Crippen LogP contribution in [0, 0.1) is 11.3 Å². The van der Waals surface area contributed by atoms with Gasteiger partial charge in [-0.2, -0.15) is 5.26 Å². The zero-order valence-electron chi connectivity index (χ0n) is 11.8. The molecule has 0 aromatic heterocycles. The summed E-state index contributed by atoms with van der Waals surface area (Å²) in [5.41, 5.74) is -1.06. The Morgan fingerprint density at radius 2 is 2.20 bits per heavy atom. The Kier molecular flexibility index (Phi) is 4.17. The highest BCUT2D eigenvalue weighted by molar-refractivity contribution is 5.87. The van der Waals surface area contributed by atoms with Crippen LogP contribution in [0.25, 0.3) is 0 Å². The average molecular weight is 279 g/mol. The largest absolute Gasteiger partial charge is 0.479 e. The Labute approximate surface area is 119 Å². The van der Waals surface area contributed by atoms with Crippen LogP contribution in [0.1, 0.15) is 45.4 Å². The molecule has 110 valence electrons. The van der Waals surface area contributed by atoms with Crippen molar-refractivity contribution < 1.29 is 14.7 Å². The third kappa shape index (κ3) is 2.45. The van der Waals surface area contributed by atoms with Crippen molar-refractivity contribution in [3.8, 4) is 6.07 Å². The molecule has 2 rings (SSSR count). The maximum absolute atomic E-state index is 12.7. The normalized spacial score (nSPS) is 25.3. The molecule has 1 heterocycles. The minimum Gasteiger partial charge on any atom is -0.479 e. The number of rotatable bonds is 5. The summed E-state index contributed by atoms with van der Waals surface area (Å²) in [7, 11) is 0. The summed E-state index contributed by atoms with van der Waals surface area (Å²) in [6.07, 6.45) is 3.87. The Morgan fingerprint density at radius 1 is 1.50 bits per heavy atom. The van der Waals surface area contributed by atoms with E-state index < -0.39 is 11.5 Å². The third-order valence-corrected chi connectivity index (χ3v) is 4.40. The Hall–Kier alpha value is -1.77. The summed E-state index contributed by atoms with van der Waals surface area (Å²) in [4.78, 5) is 27.5. The second kappa shape index (κ2) is 5.70. The molecule has 0 spiro atoms. The van der Waals surface area contributed by atoms with E-state index in [1.807, 2.05) is 6.92 Å². The molecule has 1 atom stereocenters. The molecule has 0 aromatic carbocycles. The SMILES string of the molecule is CCC1(C(=O)O)CCCN1C(=O)N(CCC#N)C1CC1. The van der Waals surface area contributed by atoms with E-state index >= 15 is 0 Å². The van der Waals surface area contributed by atoms with Crippen molar-refractivity contribution in [2.24, 2.45) is 0 Å². The highest BCUT2D eigenvalue weighted by Gasteiger charge is 2.50. The van der Waals surface area contributed by atoms with Crippen LogP contribution in [0.3, 0.4) is 0 Å². The number of carbonyl (C=O) groups is 2. The van der Waals surface area contributed by atoms with Crippen LogP contribution < -0.4 is 0 Å². The van der Waals surface area contributed by atoms with E-state index in [0.29, 0.717) is 32.4 Å². The van der Waals surface area contributed by atoms with E-state index in [-0.39, 0.29) is 12.1 Å². The number of carboxylic acids is 1. The number of amides is 2. The molecule has 1 aliphatic heterocycles. The van der Waals surface area contributed by atoms with Gasteiger partial charge in [0.15, 0.2) is 0 Å². The lowest BCUT2D eigenvalue weighted by Gasteiger charge is -2.37. The monoisotopic (exact) mass is 279 g/mol. The van der Waals surface area contributed by atoms with Crippen LogP contribution >= 0.6 is 0 Å². The molecule has 0 aromatic rings. The van der Waals surface area contributed by atoms with Gasteiger partial charge in [-0.15, -0.1) is 0 Å². The zero-order chi connectivity index (χ0) is 14.8. The fourth-order valence-corrected chi connectivity index (χ4v) is 3.04. The summed E-state index contributed by atoms with van der Waals surface area (Å²) in [6.45, 7) is 2.71. The van der Waals surface area contributed by atoms with Crippen molar-refractivity contribution in [2.45, 2.75) is 57.0 Å². The van der Waals surface area contributed by atoms with Crippen molar-refractivity contribution in [3.63, 3.8) is 0 Å². The first-order valence-electron chi connectivity index (χ1n) is 7.25. The quantitative estimate of drug-likeness (QED) is 0.831. The summed E-state index contributed by atoms with van der Waals surface area (Å²) in [5, 5.41) is 18.2. The maximum atomic E-state index is 12.7. The Bertz CT molecular complexity index is 441. The number of urea groups is 1. The molecule has 1 aliphatic carbocycles. The highest BCUT2D eigenvalue weighted by Crippen LogP contribution is 2.36. The van der Waals surface area contributed by atoms with E-state index in [0.717, 1.165) is 19.3 Å². The lowest BCUT2D eigenvalue weighted by Crippen LogP contribution is -2.57. The van der Waals surface area contributed by atoms with Crippen molar-refractivity contribution in [3.05, 3.63) is 0 Å². The van der Waals surface area contributed by atoms with Gasteiger partial charge in [0.1, 0.15) is 5.54 Å². The smallest absolute Gasteiger partial charge is 0.329 e. The Balaban J connectivity index is 2.17. The standard InChI is InChI=1S/C14H21N3O3/c1-2-14(12(18)19)7-3-10-17(14)13(20)16(9-4-8-15)11-5-6-11/h11H,2-7,9-10H2,1H3,(H,18,19). The number of nitrogens with zero attached hydrogens (tertiary/aromatic N) is 3. The lowest BCUT2D eigenvalue weighted by atomic mass is 9.93. The van der Waals surface area contributed by atoms with Crippen LogP contribution in [-0.2, 0) is 4.79 Å². The van der Waals surface area contributed by atoms with Gasteiger partial charge in [-0.1, -0.05) is 6.92 Å². The number of hydrogen-bond donors (Lipinski definition) is 1. The number of carbonyl (C=O) groups excluding carboxylic acids is 1. The van der Waals surface area contributed by atoms with Crippen LogP contribution in [-0.4, -0.2) is 51.6 Å². The summed E-state index contributed by atoms with van der Waals surface area (Å²) in [6, 6.07) is 2.05. The molecule has 1 N–H and O–H groups in total. The first-order chi connectivity index (χ1) is 9.56. The molecule has 1 unspecified atom stereocenters. The minimum absolute atomic E-state index is 0.194. The molecule has 2 aliphatic rings. The third-order valence-electron chi connectivity index (χ3n) is 4.40. The predicted octanol–water partition coefficient (Wildman–Crippen LogP) is 1.81. The molecule has 20 heavy (non-hydrogen) atoms.